The van der Waals surface area contributed by atoms with Gasteiger partial charge in [-0.1, -0.05) is 0 Å². The molecule has 0 spiro atoms. The van der Waals surface area contributed by atoms with E-state index in [9.17, 15) is 26.7 Å². The van der Waals surface area contributed by atoms with Crippen LogP contribution >= 0.6 is 6.83 Å². The number of carbonyl (C=O) groups excluding carboxylic acids is 1. The summed E-state index contributed by atoms with van der Waals surface area (Å²) in [5.74, 6) is -12.2. The first kappa shape index (κ1) is 27.8. The van der Waals surface area contributed by atoms with Crippen LogP contribution in [-0.2, 0) is 4.52 Å². The van der Waals surface area contributed by atoms with Gasteiger partial charge in [-0.15, -0.1) is 0 Å². The summed E-state index contributed by atoms with van der Waals surface area (Å²) in [6, 6.07) is 0. The Balaban J connectivity index is 3.62. The molecule has 1 aromatic rings. The average Bonchev–Trinajstić information content (AvgIpc) is 2.76. The molecule has 0 aliphatic rings. The number of benzene rings is 1. The monoisotopic (exact) mass is 470 g/mol. The summed E-state index contributed by atoms with van der Waals surface area (Å²) < 4.78 is 75.8. The van der Waals surface area contributed by atoms with Gasteiger partial charge >= 0.3 is 182 Å². The second-order valence-electron chi connectivity index (χ2n) is 8.49. The molecular weight excluding hydrogens is 434 g/mol. The Hall–Kier alpha value is -1.23. The Bertz CT molecular complexity index is 681. The van der Waals surface area contributed by atoms with Gasteiger partial charge < -0.3 is 0 Å². The van der Waals surface area contributed by atoms with Gasteiger partial charge in [-0.2, -0.15) is 0 Å². The third kappa shape index (κ3) is 6.40. The van der Waals surface area contributed by atoms with E-state index in [0.29, 0.717) is 24.6 Å². The summed E-state index contributed by atoms with van der Waals surface area (Å²) in [6.07, 6.45) is 8.96. The van der Waals surface area contributed by atoms with E-state index in [0.717, 1.165) is 51.4 Å². The van der Waals surface area contributed by atoms with Crippen molar-refractivity contribution in [2.24, 2.45) is 0 Å². The van der Waals surface area contributed by atoms with Crippen molar-refractivity contribution in [3.05, 3.63) is 34.6 Å². The maximum atomic E-state index is 14.4. The van der Waals surface area contributed by atoms with Gasteiger partial charge in [0.2, 0.25) is 0 Å². The van der Waals surface area contributed by atoms with Crippen molar-refractivity contribution in [3.63, 3.8) is 0 Å². The molecule has 1 rings (SSSR count). The van der Waals surface area contributed by atoms with E-state index in [1.54, 1.807) is 0 Å². The molecule has 0 aliphatic carbocycles. The number of halogens is 5. The summed E-state index contributed by atoms with van der Waals surface area (Å²) in [5.41, 5.74) is -1.48. The van der Waals surface area contributed by atoms with Crippen molar-refractivity contribution >= 4 is 12.8 Å². The van der Waals surface area contributed by atoms with E-state index in [1.165, 1.54) is 0 Å². The molecule has 0 aromatic heterocycles. The van der Waals surface area contributed by atoms with Crippen molar-refractivity contribution in [1.29, 1.82) is 0 Å². The fraction of sp³-hybridized carbons (Fsp3) is 0.696. The standard InChI is InChI=1S/C23H36F5O2P/c1-5-9-13-31(14-10-6-2,15-11-7-3,16-12-8-4)30-23(29)17-18(24)20(26)22(28)21(27)19(17)25/h5-16H2,1-4H3. The molecule has 0 fully saturated rings. The molecule has 0 saturated heterocycles. The number of unbranched alkanes of at least 4 members (excludes halogenated alkanes) is 4. The number of hydrogen-bond donors (Lipinski definition) is 0. The molecule has 0 atom stereocenters. The van der Waals surface area contributed by atoms with Crippen LogP contribution in [0.25, 0.3) is 0 Å². The zero-order valence-electron chi connectivity index (χ0n) is 19.1. The predicted octanol–water partition coefficient (Wildman–Crippen LogP) is 8.21. The molecule has 0 N–H and O–H groups in total. The minimum atomic E-state index is -3.29. The Morgan fingerprint density at radius 3 is 1.19 bits per heavy atom. The summed E-state index contributed by atoms with van der Waals surface area (Å²) in [4.78, 5) is 13.1. The van der Waals surface area contributed by atoms with Gasteiger partial charge in [0.1, 0.15) is 0 Å². The van der Waals surface area contributed by atoms with Gasteiger partial charge in [0.15, 0.2) is 0 Å². The topological polar surface area (TPSA) is 26.3 Å². The van der Waals surface area contributed by atoms with Crippen LogP contribution in [-0.4, -0.2) is 30.6 Å². The molecule has 0 bridgehead atoms. The summed E-state index contributed by atoms with van der Waals surface area (Å²) >= 11 is 0. The Kier molecular flexibility index (Phi) is 10.9. The average molecular weight is 471 g/mol. The summed E-state index contributed by atoms with van der Waals surface area (Å²) in [6.45, 7) is 4.75. The van der Waals surface area contributed by atoms with E-state index in [4.69, 9.17) is 4.52 Å². The maximum absolute atomic E-state index is 14.4. The number of rotatable bonds is 14. The molecule has 0 aliphatic heterocycles. The van der Waals surface area contributed by atoms with Crippen LogP contribution in [0.3, 0.4) is 0 Å². The van der Waals surface area contributed by atoms with Gasteiger partial charge in [-0.3, -0.25) is 0 Å². The molecule has 31 heavy (non-hydrogen) atoms. The molecule has 8 heteroatoms. The molecule has 0 unspecified atom stereocenters. The zero-order chi connectivity index (χ0) is 23.7. The first-order chi connectivity index (χ1) is 14.6. The molecule has 2 nitrogen and oxygen atoms in total. The van der Waals surface area contributed by atoms with Crippen molar-refractivity contribution in [2.45, 2.75) is 79.1 Å². The van der Waals surface area contributed by atoms with E-state index >= 15 is 0 Å². The minimum absolute atomic E-state index is 0.614. The van der Waals surface area contributed by atoms with Crippen LogP contribution in [0.1, 0.15) is 89.4 Å². The quantitative estimate of drug-likeness (QED) is 0.119. The fourth-order valence-corrected chi connectivity index (χ4v) is 10.9. The van der Waals surface area contributed by atoms with Crippen molar-refractivity contribution < 1.29 is 31.3 Å². The second kappa shape index (κ2) is 12.1. The van der Waals surface area contributed by atoms with E-state index in [-0.39, 0.29) is 0 Å². The SMILES string of the molecule is CCCCP(CCCC)(CCCC)(CCCC)OC(=O)c1c(F)c(F)c(F)c(F)c1F. The Morgan fingerprint density at radius 1 is 0.613 bits per heavy atom. The molecule has 1 aromatic carbocycles. The van der Waals surface area contributed by atoms with Gasteiger partial charge in [-0.25, -0.2) is 0 Å². The third-order valence-corrected chi connectivity index (χ3v) is 12.5. The molecule has 180 valence electrons. The van der Waals surface area contributed by atoms with Crippen LogP contribution in [0.5, 0.6) is 0 Å². The number of hydrogen-bond acceptors (Lipinski definition) is 2. The molecular formula is C23H36F5O2P. The van der Waals surface area contributed by atoms with Gasteiger partial charge in [0, 0.05) is 0 Å². The fourth-order valence-electron chi connectivity index (χ4n) is 4.15. The van der Waals surface area contributed by atoms with Gasteiger partial charge in [0.05, 0.1) is 0 Å². The molecule has 0 heterocycles. The van der Waals surface area contributed by atoms with E-state index < -0.39 is 47.4 Å². The van der Waals surface area contributed by atoms with Crippen molar-refractivity contribution in [1.82, 2.24) is 0 Å². The molecule has 0 saturated carbocycles. The Morgan fingerprint density at radius 2 is 0.903 bits per heavy atom. The summed E-state index contributed by atoms with van der Waals surface area (Å²) in [7, 11) is 0. The predicted molar refractivity (Wildman–Crippen MR) is 118 cm³/mol. The van der Waals surface area contributed by atoms with Crippen LogP contribution in [0.4, 0.5) is 22.0 Å². The Labute approximate surface area is 182 Å². The third-order valence-electron chi connectivity index (χ3n) is 6.06. The van der Waals surface area contributed by atoms with Crippen LogP contribution in [0.2, 0.25) is 0 Å². The van der Waals surface area contributed by atoms with Crippen LogP contribution in [0.15, 0.2) is 0 Å². The summed E-state index contributed by atoms with van der Waals surface area (Å²) in [5, 5.41) is 0. The molecule has 0 amide bonds. The van der Waals surface area contributed by atoms with Gasteiger partial charge in [-0.05, 0) is 0 Å². The number of carbonyl (C=O) groups is 1. The zero-order valence-corrected chi connectivity index (χ0v) is 20.0. The molecule has 0 radical (unpaired) electrons. The first-order valence-corrected chi connectivity index (χ1v) is 14.3. The van der Waals surface area contributed by atoms with Crippen LogP contribution < -0.4 is 0 Å². The van der Waals surface area contributed by atoms with Crippen molar-refractivity contribution in [2.75, 3.05) is 24.6 Å². The van der Waals surface area contributed by atoms with E-state index in [1.807, 2.05) is 27.7 Å². The normalized spacial score (nSPS) is 13.1. The van der Waals surface area contributed by atoms with Crippen molar-refractivity contribution in [3.8, 4) is 0 Å². The second-order valence-corrected chi connectivity index (χ2v) is 14.2. The van der Waals surface area contributed by atoms with Crippen LogP contribution in [0, 0.1) is 29.1 Å². The van der Waals surface area contributed by atoms with Gasteiger partial charge in [0.25, 0.3) is 0 Å². The van der Waals surface area contributed by atoms with E-state index in [2.05, 4.69) is 0 Å². The first-order valence-electron chi connectivity index (χ1n) is 11.4.